The molecule has 1 aliphatic carbocycles. The van der Waals surface area contributed by atoms with Gasteiger partial charge in [0.2, 0.25) is 0 Å². The standard InChI is InChI=1S/C17H27NO4/c19-10-8-18(9-11-20)12-15(21)13-22-17-7-3-5-14-4-1-2-6-16(14)17/h1-2,4,6,15,17,19-21H,3,5,7-13H2/t15-,17-/m1/s1. The number of ether oxygens (including phenoxy) is 1. The highest BCUT2D eigenvalue weighted by Gasteiger charge is 2.21. The van der Waals surface area contributed by atoms with E-state index in [9.17, 15) is 5.11 Å². The number of fused-ring (bicyclic) bond motifs is 1. The Morgan fingerprint density at radius 2 is 1.91 bits per heavy atom. The molecule has 3 N–H and O–H groups in total. The van der Waals surface area contributed by atoms with Crippen molar-refractivity contribution in [1.29, 1.82) is 0 Å². The third-order valence-corrected chi connectivity index (χ3v) is 4.11. The number of rotatable bonds is 9. The Bertz CT molecular complexity index is 434. The molecule has 0 spiro atoms. The maximum Gasteiger partial charge on any atom is 0.0900 e. The molecular formula is C17H27NO4. The monoisotopic (exact) mass is 309 g/mol. The van der Waals surface area contributed by atoms with Gasteiger partial charge in [-0.25, -0.2) is 0 Å². The second-order valence-corrected chi connectivity index (χ2v) is 5.81. The number of hydrogen-bond acceptors (Lipinski definition) is 5. The van der Waals surface area contributed by atoms with E-state index < -0.39 is 6.10 Å². The fraction of sp³-hybridized carbons (Fsp3) is 0.647. The molecule has 1 aliphatic rings. The Morgan fingerprint density at radius 3 is 2.64 bits per heavy atom. The second kappa shape index (κ2) is 9.22. The van der Waals surface area contributed by atoms with Crippen LogP contribution in [-0.4, -0.2) is 65.8 Å². The van der Waals surface area contributed by atoms with Crippen LogP contribution in [0.1, 0.15) is 30.1 Å². The summed E-state index contributed by atoms with van der Waals surface area (Å²) < 4.78 is 5.93. The van der Waals surface area contributed by atoms with E-state index in [0.29, 0.717) is 19.6 Å². The predicted molar refractivity (Wildman–Crippen MR) is 84.7 cm³/mol. The summed E-state index contributed by atoms with van der Waals surface area (Å²) in [6.45, 7) is 1.60. The number of hydrogen-bond donors (Lipinski definition) is 3. The van der Waals surface area contributed by atoms with Gasteiger partial charge in [0, 0.05) is 19.6 Å². The fourth-order valence-electron chi connectivity index (χ4n) is 3.04. The summed E-state index contributed by atoms with van der Waals surface area (Å²) in [4.78, 5) is 1.84. The molecule has 0 bridgehead atoms. The summed E-state index contributed by atoms with van der Waals surface area (Å²) >= 11 is 0. The van der Waals surface area contributed by atoms with Crippen LogP contribution < -0.4 is 0 Å². The summed E-state index contributed by atoms with van der Waals surface area (Å²) in [5.74, 6) is 0. The van der Waals surface area contributed by atoms with Crippen molar-refractivity contribution in [3.8, 4) is 0 Å². The number of aliphatic hydroxyl groups excluding tert-OH is 3. The minimum absolute atomic E-state index is 0.0174. The van der Waals surface area contributed by atoms with E-state index in [1.165, 1.54) is 11.1 Å². The zero-order valence-corrected chi connectivity index (χ0v) is 13.0. The highest BCUT2D eigenvalue weighted by molar-refractivity contribution is 5.31. The Hall–Kier alpha value is -0.980. The molecule has 1 aromatic rings. The molecule has 1 aromatic carbocycles. The van der Waals surface area contributed by atoms with Crippen LogP contribution in [-0.2, 0) is 11.2 Å². The third-order valence-electron chi connectivity index (χ3n) is 4.11. The molecule has 0 heterocycles. The zero-order chi connectivity index (χ0) is 15.8. The van der Waals surface area contributed by atoms with Crippen LogP contribution in [0.2, 0.25) is 0 Å². The van der Waals surface area contributed by atoms with Gasteiger partial charge < -0.3 is 20.1 Å². The molecule has 0 amide bonds. The molecule has 0 saturated carbocycles. The number of aryl methyl sites for hydroxylation is 1. The largest absolute Gasteiger partial charge is 0.395 e. The van der Waals surface area contributed by atoms with Gasteiger partial charge in [-0.15, -0.1) is 0 Å². The number of benzene rings is 1. The normalized spacial score (nSPS) is 19.2. The van der Waals surface area contributed by atoms with E-state index in [0.717, 1.165) is 19.3 Å². The lowest BCUT2D eigenvalue weighted by Gasteiger charge is -2.28. The predicted octanol–water partition coefficient (Wildman–Crippen LogP) is 0.728. The summed E-state index contributed by atoms with van der Waals surface area (Å²) in [5.41, 5.74) is 2.58. The van der Waals surface area contributed by atoms with Crippen molar-refractivity contribution in [2.24, 2.45) is 0 Å². The van der Waals surface area contributed by atoms with Gasteiger partial charge >= 0.3 is 0 Å². The number of nitrogens with zero attached hydrogens (tertiary/aromatic N) is 1. The lowest BCUT2D eigenvalue weighted by Crippen LogP contribution is -2.38. The lowest BCUT2D eigenvalue weighted by molar-refractivity contribution is -0.0303. The summed E-state index contributed by atoms with van der Waals surface area (Å²) in [6, 6.07) is 8.33. The van der Waals surface area contributed by atoms with Crippen LogP contribution >= 0.6 is 0 Å². The van der Waals surface area contributed by atoms with E-state index in [-0.39, 0.29) is 25.9 Å². The first-order valence-corrected chi connectivity index (χ1v) is 8.06. The first-order chi connectivity index (χ1) is 10.7. The van der Waals surface area contributed by atoms with Gasteiger partial charge in [-0.2, -0.15) is 0 Å². The molecule has 0 fully saturated rings. The van der Waals surface area contributed by atoms with Crippen LogP contribution in [0.4, 0.5) is 0 Å². The minimum atomic E-state index is -0.618. The second-order valence-electron chi connectivity index (χ2n) is 5.81. The Balaban J connectivity index is 1.82. The minimum Gasteiger partial charge on any atom is -0.395 e. The van der Waals surface area contributed by atoms with Gasteiger partial charge in [-0.05, 0) is 30.4 Å². The van der Waals surface area contributed by atoms with E-state index in [2.05, 4.69) is 18.2 Å². The first kappa shape index (κ1) is 17.4. The van der Waals surface area contributed by atoms with Gasteiger partial charge in [0.15, 0.2) is 0 Å². The zero-order valence-electron chi connectivity index (χ0n) is 13.0. The van der Waals surface area contributed by atoms with Crippen molar-refractivity contribution in [2.75, 3.05) is 39.5 Å². The molecule has 0 unspecified atom stereocenters. The highest BCUT2D eigenvalue weighted by atomic mass is 16.5. The van der Waals surface area contributed by atoms with Crippen molar-refractivity contribution in [2.45, 2.75) is 31.5 Å². The SMILES string of the molecule is OCCN(CCO)C[C@@H](O)CO[C@@H]1CCCc2ccccc21. The topological polar surface area (TPSA) is 73.2 Å². The molecule has 0 radical (unpaired) electrons. The summed E-state index contributed by atoms with van der Waals surface area (Å²) in [6.07, 6.45) is 2.63. The molecule has 124 valence electrons. The van der Waals surface area contributed by atoms with Gasteiger partial charge in [-0.1, -0.05) is 24.3 Å². The summed E-state index contributed by atoms with van der Waals surface area (Å²) in [5, 5.41) is 28.1. The average Bonchev–Trinajstić information content (AvgIpc) is 2.53. The molecule has 0 saturated heterocycles. The summed E-state index contributed by atoms with van der Waals surface area (Å²) in [7, 11) is 0. The Kier molecular flexibility index (Phi) is 7.29. The van der Waals surface area contributed by atoms with Crippen molar-refractivity contribution < 1.29 is 20.1 Å². The molecule has 2 atom stereocenters. The lowest BCUT2D eigenvalue weighted by atomic mass is 9.89. The van der Waals surface area contributed by atoms with Crippen LogP contribution in [0.15, 0.2) is 24.3 Å². The molecule has 5 nitrogen and oxygen atoms in total. The highest BCUT2D eigenvalue weighted by Crippen LogP contribution is 2.32. The third kappa shape index (κ3) is 5.04. The van der Waals surface area contributed by atoms with Gasteiger partial charge in [-0.3, -0.25) is 4.90 Å². The molecule has 22 heavy (non-hydrogen) atoms. The quantitative estimate of drug-likeness (QED) is 0.627. The van der Waals surface area contributed by atoms with Crippen LogP contribution in [0.5, 0.6) is 0 Å². The van der Waals surface area contributed by atoms with E-state index >= 15 is 0 Å². The van der Waals surface area contributed by atoms with Gasteiger partial charge in [0.05, 0.1) is 32.0 Å². The van der Waals surface area contributed by atoms with Crippen molar-refractivity contribution in [3.05, 3.63) is 35.4 Å². The van der Waals surface area contributed by atoms with Crippen LogP contribution in [0.25, 0.3) is 0 Å². The van der Waals surface area contributed by atoms with Gasteiger partial charge in [0.25, 0.3) is 0 Å². The molecular weight excluding hydrogens is 282 g/mol. The molecule has 2 rings (SSSR count). The fourth-order valence-corrected chi connectivity index (χ4v) is 3.04. The maximum absolute atomic E-state index is 10.1. The average molecular weight is 309 g/mol. The Morgan fingerprint density at radius 1 is 1.18 bits per heavy atom. The van der Waals surface area contributed by atoms with E-state index in [1.54, 1.807) is 0 Å². The van der Waals surface area contributed by atoms with E-state index in [4.69, 9.17) is 14.9 Å². The van der Waals surface area contributed by atoms with Crippen LogP contribution in [0, 0.1) is 0 Å². The van der Waals surface area contributed by atoms with Crippen LogP contribution in [0.3, 0.4) is 0 Å². The van der Waals surface area contributed by atoms with Crippen molar-refractivity contribution >= 4 is 0 Å². The first-order valence-electron chi connectivity index (χ1n) is 8.06. The maximum atomic E-state index is 10.1. The Labute approximate surface area is 132 Å². The molecule has 5 heteroatoms. The van der Waals surface area contributed by atoms with E-state index in [1.807, 2.05) is 11.0 Å². The smallest absolute Gasteiger partial charge is 0.0900 e. The van der Waals surface area contributed by atoms with Crippen molar-refractivity contribution in [3.63, 3.8) is 0 Å². The molecule has 0 aromatic heterocycles. The van der Waals surface area contributed by atoms with Crippen molar-refractivity contribution in [1.82, 2.24) is 4.90 Å². The number of aliphatic hydroxyl groups is 3. The van der Waals surface area contributed by atoms with Gasteiger partial charge in [0.1, 0.15) is 0 Å². The molecule has 0 aliphatic heterocycles.